The lowest BCUT2D eigenvalue weighted by molar-refractivity contribution is -0.139. The molecule has 1 aliphatic rings. The maximum atomic E-state index is 13.4. The molecular formula is C20H19ClF3N3O2S. The van der Waals surface area contributed by atoms with Gasteiger partial charge in [-0.3, -0.25) is 4.90 Å². The van der Waals surface area contributed by atoms with Crippen LogP contribution in [0.25, 0.3) is 0 Å². The van der Waals surface area contributed by atoms with E-state index in [1.807, 2.05) is 23.1 Å². The number of nitriles is 1. The summed E-state index contributed by atoms with van der Waals surface area (Å²) < 4.78 is 67.3. The van der Waals surface area contributed by atoms with E-state index in [0.717, 1.165) is 22.0 Å². The van der Waals surface area contributed by atoms with Crippen LogP contribution in [-0.2, 0) is 22.7 Å². The van der Waals surface area contributed by atoms with Gasteiger partial charge in [-0.2, -0.15) is 22.7 Å². The number of rotatable bonds is 4. The minimum absolute atomic E-state index is 0.0819. The van der Waals surface area contributed by atoms with E-state index in [4.69, 9.17) is 16.9 Å². The van der Waals surface area contributed by atoms with Crippen molar-refractivity contribution in [2.75, 3.05) is 26.2 Å². The van der Waals surface area contributed by atoms with Crippen LogP contribution in [-0.4, -0.2) is 43.8 Å². The van der Waals surface area contributed by atoms with Crippen molar-refractivity contribution in [3.63, 3.8) is 0 Å². The van der Waals surface area contributed by atoms with Crippen molar-refractivity contribution in [1.82, 2.24) is 9.21 Å². The first-order valence-electron chi connectivity index (χ1n) is 9.19. The van der Waals surface area contributed by atoms with Crippen molar-refractivity contribution >= 4 is 21.6 Å². The fourth-order valence-corrected chi connectivity index (χ4v) is 5.21. The molecule has 0 atom stereocenters. The zero-order chi connectivity index (χ0) is 21.9. The topological polar surface area (TPSA) is 64.4 Å². The van der Waals surface area contributed by atoms with E-state index < -0.39 is 26.7 Å². The zero-order valence-corrected chi connectivity index (χ0v) is 17.4. The van der Waals surface area contributed by atoms with Gasteiger partial charge in [0.25, 0.3) is 0 Å². The van der Waals surface area contributed by atoms with Crippen molar-refractivity contribution in [1.29, 1.82) is 5.26 Å². The average molecular weight is 458 g/mol. The van der Waals surface area contributed by atoms with Gasteiger partial charge < -0.3 is 0 Å². The molecule has 0 N–H and O–H groups in total. The number of nitrogens with zero attached hydrogens (tertiary/aromatic N) is 3. The highest BCUT2D eigenvalue weighted by Gasteiger charge is 2.39. The van der Waals surface area contributed by atoms with Crippen molar-refractivity contribution in [2.24, 2.45) is 0 Å². The lowest BCUT2D eigenvalue weighted by Gasteiger charge is -2.23. The first-order chi connectivity index (χ1) is 14.1. The summed E-state index contributed by atoms with van der Waals surface area (Å²) in [6.07, 6.45) is -4.34. The second-order valence-corrected chi connectivity index (χ2v) is 9.32. The first-order valence-corrected chi connectivity index (χ1v) is 11.0. The molecule has 1 aliphatic heterocycles. The van der Waals surface area contributed by atoms with Crippen LogP contribution in [0.2, 0.25) is 5.02 Å². The lowest BCUT2D eigenvalue weighted by Crippen LogP contribution is -2.36. The maximum absolute atomic E-state index is 13.4. The molecule has 0 unspecified atom stereocenters. The van der Waals surface area contributed by atoms with E-state index in [9.17, 15) is 21.6 Å². The minimum atomic E-state index is -4.83. The monoisotopic (exact) mass is 457 g/mol. The number of hydrogen-bond acceptors (Lipinski definition) is 4. The SMILES string of the molecule is N#Cc1ccc(CN2CCCN(S(=O)(=O)c3ccc(Cl)cc3C(F)(F)F)CC2)cc1. The summed E-state index contributed by atoms with van der Waals surface area (Å²) in [6, 6.07) is 11.9. The largest absolute Gasteiger partial charge is 0.417 e. The normalized spacial score (nSPS) is 16.8. The summed E-state index contributed by atoms with van der Waals surface area (Å²) in [5, 5.41) is 8.70. The Hall–Kier alpha value is -2.12. The van der Waals surface area contributed by atoms with Crippen LogP contribution in [0.1, 0.15) is 23.1 Å². The van der Waals surface area contributed by atoms with Crippen molar-refractivity contribution in [3.8, 4) is 6.07 Å². The van der Waals surface area contributed by atoms with Crippen LogP contribution in [0, 0.1) is 11.3 Å². The predicted molar refractivity (Wildman–Crippen MR) is 106 cm³/mol. The Morgan fingerprint density at radius 3 is 2.37 bits per heavy atom. The van der Waals surface area contributed by atoms with Gasteiger partial charge in [0.2, 0.25) is 10.0 Å². The van der Waals surface area contributed by atoms with E-state index in [1.165, 1.54) is 0 Å². The molecule has 0 saturated carbocycles. The van der Waals surface area contributed by atoms with E-state index in [1.54, 1.807) is 12.1 Å². The van der Waals surface area contributed by atoms with Crippen LogP contribution in [0.15, 0.2) is 47.4 Å². The molecule has 1 heterocycles. The van der Waals surface area contributed by atoms with E-state index in [0.29, 0.717) is 37.7 Å². The van der Waals surface area contributed by atoms with Gasteiger partial charge in [-0.1, -0.05) is 23.7 Å². The van der Waals surface area contributed by atoms with Gasteiger partial charge in [0.05, 0.1) is 22.1 Å². The third-order valence-electron chi connectivity index (χ3n) is 4.90. The zero-order valence-electron chi connectivity index (χ0n) is 15.9. The molecule has 2 aromatic carbocycles. The fourth-order valence-electron chi connectivity index (χ4n) is 3.38. The molecule has 0 aliphatic carbocycles. The van der Waals surface area contributed by atoms with Crippen LogP contribution in [0.5, 0.6) is 0 Å². The maximum Gasteiger partial charge on any atom is 0.417 e. The Labute approximate surface area is 178 Å². The Morgan fingerprint density at radius 1 is 1.03 bits per heavy atom. The molecule has 5 nitrogen and oxygen atoms in total. The molecule has 0 radical (unpaired) electrons. The standard InChI is InChI=1S/C20H19ClF3N3O2S/c21-17-6-7-19(18(12-17)20(22,23)24)30(28,29)27-9-1-8-26(10-11-27)14-16-4-2-15(13-25)3-5-16/h2-7,12H,1,8-11,14H2. The second kappa shape index (κ2) is 8.94. The second-order valence-electron chi connectivity index (χ2n) is 6.98. The summed E-state index contributed by atoms with van der Waals surface area (Å²) >= 11 is 5.67. The highest BCUT2D eigenvalue weighted by atomic mass is 35.5. The van der Waals surface area contributed by atoms with E-state index >= 15 is 0 Å². The Bertz CT molecular complexity index is 1050. The molecule has 3 rings (SSSR count). The number of benzene rings is 2. The third-order valence-corrected chi connectivity index (χ3v) is 7.09. The van der Waals surface area contributed by atoms with Crippen LogP contribution in [0.4, 0.5) is 13.2 Å². The smallest absolute Gasteiger partial charge is 0.298 e. The molecule has 0 bridgehead atoms. The van der Waals surface area contributed by atoms with Gasteiger partial charge in [-0.05, 0) is 48.9 Å². The quantitative estimate of drug-likeness (QED) is 0.692. The molecule has 2 aromatic rings. The summed E-state index contributed by atoms with van der Waals surface area (Å²) in [4.78, 5) is 1.27. The molecule has 1 saturated heterocycles. The van der Waals surface area contributed by atoms with Crippen LogP contribution < -0.4 is 0 Å². The molecule has 0 spiro atoms. The number of alkyl halides is 3. The minimum Gasteiger partial charge on any atom is -0.298 e. The van der Waals surface area contributed by atoms with Crippen molar-refractivity contribution < 1.29 is 21.6 Å². The van der Waals surface area contributed by atoms with Gasteiger partial charge in [0.15, 0.2) is 0 Å². The molecule has 30 heavy (non-hydrogen) atoms. The molecule has 1 fully saturated rings. The Morgan fingerprint density at radius 2 is 1.73 bits per heavy atom. The van der Waals surface area contributed by atoms with Gasteiger partial charge in [0, 0.05) is 31.2 Å². The Balaban J connectivity index is 1.77. The van der Waals surface area contributed by atoms with Gasteiger partial charge in [-0.25, -0.2) is 8.42 Å². The summed E-state index contributed by atoms with van der Waals surface area (Å²) in [5.41, 5.74) is 0.270. The van der Waals surface area contributed by atoms with E-state index in [2.05, 4.69) is 0 Å². The van der Waals surface area contributed by atoms with Gasteiger partial charge in [0.1, 0.15) is 0 Å². The van der Waals surface area contributed by atoms with Crippen molar-refractivity contribution in [2.45, 2.75) is 24.0 Å². The van der Waals surface area contributed by atoms with E-state index in [-0.39, 0.29) is 18.1 Å². The molecule has 0 amide bonds. The number of hydrogen-bond donors (Lipinski definition) is 0. The molecule has 160 valence electrons. The molecule has 10 heteroatoms. The summed E-state index contributed by atoms with van der Waals surface area (Å²) in [6.45, 7) is 1.77. The first kappa shape index (κ1) is 22.6. The van der Waals surface area contributed by atoms with Crippen LogP contribution >= 0.6 is 11.6 Å². The fraction of sp³-hybridized carbons (Fsp3) is 0.350. The Kier molecular flexibility index (Phi) is 6.72. The van der Waals surface area contributed by atoms with Gasteiger partial charge in [-0.15, -0.1) is 0 Å². The van der Waals surface area contributed by atoms with Crippen LogP contribution in [0.3, 0.4) is 0 Å². The summed E-state index contributed by atoms with van der Waals surface area (Å²) in [5.74, 6) is 0. The molecule has 0 aromatic heterocycles. The lowest BCUT2D eigenvalue weighted by atomic mass is 10.1. The number of sulfonamides is 1. The molecular weight excluding hydrogens is 439 g/mol. The third kappa shape index (κ3) is 5.13. The highest BCUT2D eigenvalue weighted by Crippen LogP contribution is 2.37. The van der Waals surface area contributed by atoms with Gasteiger partial charge >= 0.3 is 6.18 Å². The number of halogens is 4. The predicted octanol–water partition coefficient (Wildman–Crippen LogP) is 4.13. The summed E-state index contributed by atoms with van der Waals surface area (Å²) in [7, 11) is -4.33. The average Bonchev–Trinajstić information content (AvgIpc) is 2.94. The highest BCUT2D eigenvalue weighted by molar-refractivity contribution is 7.89. The van der Waals surface area contributed by atoms with Crippen molar-refractivity contribution in [3.05, 3.63) is 64.2 Å².